The summed E-state index contributed by atoms with van der Waals surface area (Å²) >= 11 is 0. The quantitative estimate of drug-likeness (QED) is 0.317. The number of rotatable bonds is 5. The molecule has 6 aromatic heterocycles. The third-order valence-corrected chi connectivity index (χ3v) is 7.05. The van der Waals surface area contributed by atoms with Gasteiger partial charge in [-0.25, -0.2) is 9.97 Å². The van der Waals surface area contributed by atoms with E-state index >= 15 is 0 Å². The first-order chi connectivity index (χ1) is 18.2. The van der Waals surface area contributed by atoms with E-state index in [0.717, 1.165) is 74.6 Å². The van der Waals surface area contributed by atoms with Crippen LogP contribution in [0.25, 0.3) is 50.3 Å². The van der Waals surface area contributed by atoms with Gasteiger partial charge in [0.1, 0.15) is 23.6 Å². The lowest BCUT2D eigenvalue weighted by molar-refractivity contribution is 0.154. The summed E-state index contributed by atoms with van der Waals surface area (Å²) in [7, 11) is 0. The molecule has 9 nitrogen and oxygen atoms in total. The van der Waals surface area contributed by atoms with Crippen molar-refractivity contribution < 1.29 is 4.74 Å². The van der Waals surface area contributed by atoms with Crippen LogP contribution >= 0.6 is 0 Å². The minimum Gasteiger partial charge on any atom is -0.489 e. The van der Waals surface area contributed by atoms with Gasteiger partial charge < -0.3 is 9.72 Å². The first kappa shape index (κ1) is 21.7. The number of nitrogens with one attached hydrogen (secondary N) is 2. The first-order valence-electron chi connectivity index (χ1n) is 12.7. The number of hydrogen-bond acceptors (Lipinski definition) is 6. The van der Waals surface area contributed by atoms with E-state index in [9.17, 15) is 0 Å². The second kappa shape index (κ2) is 8.85. The van der Waals surface area contributed by atoms with Gasteiger partial charge in [0.2, 0.25) is 0 Å². The number of ether oxygens (including phenoxy) is 1. The van der Waals surface area contributed by atoms with Gasteiger partial charge in [-0.1, -0.05) is 6.42 Å². The zero-order valence-electron chi connectivity index (χ0n) is 20.5. The van der Waals surface area contributed by atoms with E-state index in [-0.39, 0.29) is 6.10 Å². The Morgan fingerprint density at radius 2 is 1.86 bits per heavy atom. The second-order valence-electron chi connectivity index (χ2n) is 9.68. The van der Waals surface area contributed by atoms with E-state index < -0.39 is 0 Å². The van der Waals surface area contributed by atoms with Gasteiger partial charge in [0, 0.05) is 34.9 Å². The molecule has 2 N–H and O–H groups in total. The molecule has 0 atom stereocenters. The zero-order chi connectivity index (χ0) is 24.8. The highest BCUT2D eigenvalue weighted by Gasteiger charge is 2.17. The number of aryl methyl sites for hydroxylation is 1. The van der Waals surface area contributed by atoms with Crippen LogP contribution in [-0.4, -0.2) is 45.8 Å². The number of imidazole rings is 1. The maximum atomic E-state index is 6.24. The summed E-state index contributed by atoms with van der Waals surface area (Å²) in [5, 5.41) is 9.71. The Kier molecular flexibility index (Phi) is 5.20. The predicted molar refractivity (Wildman–Crippen MR) is 142 cm³/mol. The number of aromatic nitrogens is 8. The van der Waals surface area contributed by atoms with Crippen LogP contribution in [0.1, 0.15) is 37.8 Å². The number of aromatic amines is 2. The van der Waals surface area contributed by atoms with Gasteiger partial charge >= 0.3 is 0 Å². The molecule has 0 amide bonds. The Balaban J connectivity index is 1.26. The minimum atomic E-state index is 0.273. The predicted octanol–water partition coefficient (Wildman–Crippen LogP) is 5.77. The summed E-state index contributed by atoms with van der Waals surface area (Å²) in [6.07, 6.45) is 17.2. The van der Waals surface area contributed by atoms with Gasteiger partial charge in [0.05, 0.1) is 46.6 Å². The molecule has 37 heavy (non-hydrogen) atoms. The van der Waals surface area contributed by atoms with Crippen molar-refractivity contribution in [1.29, 1.82) is 0 Å². The van der Waals surface area contributed by atoms with E-state index in [1.54, 1.807) is 18.7 Å². The Morgan fingerprint density at radius 3 is 2.73 bits per heavy atom. The SMILES string of the molecule is Cc1cn(-c2nccc3[nH]c(-c4n[nH]c5cnc(-c6cncc(OC7CCCCC7)c6)cc45)cc23)cn1. The molecule has 9 heteroatoms. The topological polar surface area (TPSA) is 110 Å². The van der Waals surface area contributed by atoms with Crippen molar-refractivity contribution in [3.8, 4) is 34.2 Å². The summed E-state index contributed by atoms with van der Waals surface area (Å²) < 4.78 is 8.18. The van der Waals surface area contributed by atoms with Crippen LogP contribution in [0.3, 0.4) is 0 Å². The summed E-state index contributed by atoms with van der Waals surface area (Å²) in [6.45, 7) is 1.97. The van der Waals surface area contributed by atoms with Crippen molar-refractivity contribution in [2.75, 3.05) is 0 Å². The molecule has 0 spiro atoms. The zero-order valence-corrected chi connectivity index (χ0v) is 20.5. The molecule has 0 unspecified atom stereocenters. The fourth-order valence-corrected chi connectivity index (χ4v) is 5.19. The molecule has 1 fully saturated rings. The van der Waals surface area contributed by atoms with Crippen LogP contribution in [0.15, 0.2) is 61.6 Å². The molecule has 0 radical (unpaired) electrons. The van der Waals surface area contributed by atoms with Gasteiger partial charge in [-0.2, -0.15) is 5.10 Å². The van der Waals surface area contributed by atoms with Crippen LogP contribution in [0.5, 0.6) is 5.75 Å². The molecular formula is C28H26N8O. The van der Waals surface area contributed by atoms with E-state index in [2.05, 4.69) is 47.2 Å². The lowest BCUT2D eigenvalue weighted by Gasteiger charge is -2.22. The molecule has 7 rings (SSSR count). The van der Waals surface area contributed by atoms with Crippen molar-refractivity contribution in [3.63, 3.8) is 0 Å². The number of fused-ring (bicyclic) bond motifs is 2. The summed E-state index contributed by atoms with van der Waals surface area (Å²) in [5.41, 5.74) is 6.25. The average molecular weight is 491 g/mol. The highest BCUT2D eigenvalue weighted by Crippen LogP contribution is 2.33. The van der Waals surface area contributed by atoms with E-state index in [1.165, 1.54) is 19.3 Å². The van der Waals surface area contributed by atoms with Gasteiger partial charge in [0.15, 0.2) is 0 Å². The molecule has 0 aromatic carbocycles. The number of nitrogens with zero attached hydrogens (tertiary/aromatic N) is 6. The second-order valence-corrected chi connectivity index (χ2v) is 9.68. The Hall–Kier alpha value is -4.53. The van der Waals surface area contributed by atoms with Crippen LogP contribution in [-0.2, 0) is 0 Å². The molecule has 1 aliphatic carbocycles. The molecular weight excluding hydrogens is 464 g/mol. The van der Waals surface area contributed by atoms with Crippen molar-refractivity contribution in [2.24, 2.45) is 0 Å². The van der Waals surface area contributed by atoms with Gasteiger partial charge in [-0.05, 0) is 56.9 Å². The molecule has 0 aliphatic heterocycles. The van der Waals surface area contributed by atoms with E-state index in [4.69, 9.17) is 4.74 Å². The Morgan fingerprint density at radius 1 is 0.946 bits per heavy atom. The molecule has 6 aromatic rings. The highest BCUT2D eigenvalue weighted by molar-refractivity contribution is 5.98. The summed E-state index contributed by atoms with van der Waals surface area (Å²) in [4.78, 5) is 21.6. The van der Waals surface area contributed by atoms with Crippen LogP contribution in [0, 0.1) is 6.92 Å². The van der Waals surface area contributed by atoms with E-state index in [1.807, 2.05) is 42.2 Å². The molecule has 0 bridgehead atoms. The number of H-pyrrole nitrogens is 2. The molecule has 0 saturated heterocycles. The number of hydrogen-bond donors (Lipinski definition) is 2. The first-order valence-corrected chi connectivity index (χ1v) is 12.7. The maximum absolute atomic E-state index is 6.24. The minimum absolute atomic E-state index is 0.273. The van der Waals surface area contributed by atoms with Crippen LogP contribution in [0.4, 0.5) is 0 Å². The van der Waals surface area contributed by atoms with Crippen molar-refractivity contribution >= 4 is 21.8 Å². The van der Waals surface area contributed by atoms with E-state index in [0.29, 0.717) is 0 Å². The fourth-order valence-electron chi connectivity index (χ4n) is 5.19. The standard InChI is InChI=1S/C28H26N8O/c1-17-15-36(16-32-17)28-22-11-25(33-23(22)7-8-30-28)27-21-10-24(31-14-26(21)34-35-27)18-9-20(13-29-12-18)37-19-5-3-2-4-6-19/h7-16,19,33H,2-6H2,1H3,(H,34,35). The van der Waals surface area contributed by atoms with Crippen molar-refractivity contribution in [3.05, 3.63) is 67.3 Å². The molecule has 184 valence electrons. The lowest BCUT2D eigenvalue weighted by atomic mass is 9.98. The van der Waals surface area contributed by atoms with Crippen LogP contribution in [0.2, 0.25) is 0 Å². The molecule has 1 saturated carbocycles. The molecule has 6 heterocycles. The lowest BCUT2D eigenvalue weighted by Crippen LogP contribution is -2.19. The number of pyridine rings is 3. The average Bonchev–Trinajstić information content (AvgIpc) is 3.66. The normalized spacial score (nSPS) is 14.5. The fraction of sp³-hybridized carbons (Fsp3) is 0.250. The van der Waals surface area contributed by atoms with Crippen LogP contribution < -0.4 is 4.74 Å². The van der Waals surface area contributed by atoms with Crippen molar-refractivity contribution in [2.45, 2.75) is 45.1 Å². The smallest absolute Gasteiger partial charge is 0.147 e. The van der Waals surface area contributed by atoms with Gasteiger partial charge in [-0.15, -0.1) is 0 Å². The summed E-state index contributed by atoms with van der Waals surface area (Å²) in [6, 6.07) is 8.14. The van der Waals surface area contributed by atoms with Crippen molar-refractivity contribution in [1.82, 2.24) is 39.7 Å². The third-order valence-electron chi connectivity index (χ3n) is 7.05. The van der Waals surface area contributed by atoms with Gasteiger partial charge in [0.25, 0.3) is 0 Å². The monoisotopic (exact) mass is 490 g/mol. The Labute approximate surface area is 213 Å². The third kappa shape index (κ3) is 4.02. The maximum Gasteiger partial charge on any atom is 0.147 e. The van der Waals surface area contributed by atoms with Gasteiger partial charge in [-0.3, -0.25) is 19.6 Å². The largest absolute Gasteiger partial charge is 0.489 e. The molecule has 1 aliphatic rings. The summed E-state index contributed by atoms with van der Waals surface area (Å²) in [5.74, 6) is 1.62. The highest BCUT2D eigenvalue weighted by atomic mass is 16.5. The Bertz CT molecular complexity index is 1720.